The smallest absolute Gasteiger partial charge is 0.335 e. The summed E-state index contributed by atoms with van der Waals surface area (Å²) in [7, 11) is -2.17. The van der Waals surface area contributed by atoms with Crippen LogP contribution < -0.4 is 4.90 Å². The van der Waals surface area contributed by atoms with Gasteiger partial charge in [-0.15, -0.1) is 0 Å². The highest BCUT2D eigenvalue weighted by atomic mass is 28.4. The molecule has 29 heavy (non-hydrogen) atoms. The van der Waals surface area contributed by atoms with Crippen molar-refractivity contribution in [2.45, 2.75) is 32.9 Å². The molecule has 0 spiro atoms. The Balaban J connectivity index is 1.96. The van der Waals surface area contributed by atoms with Crippen LogP contribution in [0.5, 0.6) is 0 Å². The Labute approximate surface area is 176 Å². The molecule has 0 unspecified atom stereocenters. The van der Waals surface area contributed by atoms with Crippen LogP contribution in [-0.2, 0) is 15.3 Å². The molecule has 0 aliphatic heterocycles. The summed E-state index contributed by atoms with van der Waals surface area (Å²) in [5.74, 6) is 0. The lowest BCUT2D eigenvalue weighted by Crippen LogP contribution is -2.39. The minimum atomic E-state index is -2.17. The number of anilines is 3. The number of rotatable bonds is 10. The molecule has 4 heteroatoms. The van der Waals surface area contributed by atoms with E-state index in [1.54, 1.807) is 0 Å². The first-order valence-electron chi connectivity index (χ1n) is 10.4. The molecule has 3 nitrogen and oxygen atoms in total. The van der Waals surface area contributed by atoms with E-state index in [4.69, 9.17) is 8.85 Å². The van der Waals surface area contributed by atoms with Crippen LogP contribution in [0.15, 0.2) is 84.9 Å². The number of aryl methyl sites for hydroxylation is 1. The van der Waals surface area contributed by atoms with Gasteiger partial charge in [0, 0.05) is 30.3 Å². The average molecular weight is 406 g/mol. The zero-order valence-electron chi connectivity index (χ0n) is 17.7. The van der Waals surface area contributed by atoms with Gasteiger partial charge < -0.3 is 13.8 Å². The number of hydrogen-bond donors (Lipinski definition) is 0. The van der Waals surface area contributed by atoms with Gasteiger partial charge in [0.15, 0.2) is 0 Å². The lowest BCUT2D eigenvalue weighted by atomic mass is 10.1. The summed E-state index contributed by atoms with van der Waals surface area (Å²) in [6.45, 7) is 7.67. The molecule has 0 N–H and O–H groups in total. The van der Waals surface area contributed by atoms with Crippen molar-refractivity contribution in [2.75, 3.05) is 18.1 Å². The van der Waals surface area contributed by atoms with E-state index in [0.29, 0.717) is 13.2 Å². The first kappa shape index (κ1) is 21.3. The zero-order chi connectivity index (χ0) is 20.5. The lowest BCUT2D eigenvalue weighted by molar-refractivity contribution is 0.189. The van der Waals surface area contributed by atoms with E-state index >= 15 is 0 Å². The van der Waals surface area contributed by atoms with Gasteiger partial charge in [0.05, 0.1) is 0 Å². The standard InChI is InChI=1S/C25H31NO2Si/c1-4-27-29(3,28-5-2)21-20-22-14-12-13-19-25(22)26(23-15-8-6-9-16-23)24-17-10-7-11-18-24/h6-19H,4-5,20-21H2,1-3H3. The van der Waals surface area contributed by atoms with Crippen LogP contribution in [0, 0.1) is 0 Å². The normalized spacial score (nSPS) is 11.4. The quantitative estimate of drug-likeness (QED) is 0.345. The molecule has 3 rings (SSSR count). The second-order valence-electron chi connectivity index (χ2n) is 7.14. The summed E-state index contributed by atoms with van der Waals surface area (Å²) in [5.41, 5.74) is 4.81. The molecule has 0 aliphatic carbocycles. The van der Waals surface area contributed by atoms with Gasteiger partial charge >= 0.3 is 8.56 Å². The lowest BCUT2D eigenvalue weighted by Gasteiger charge is -2.29. The van der Waals surface area contributed by atoms with Crippen molar-refractivity contribution >= 4 is 25.6 Å². The molecule has 3 aromatic carbocycles. The number of benzene rings is 3. The highest BCUT2D eigenvalue weighted by Gasteiger charge is 2.30. The van der Waals surface area contributed by atoms with Crippen LogP contribution in [0.2, 0.25) is 12.6 Å². The van der Waals surface area contributed by atoms with E-state index in [2.05, 4.69) is 96.4 Å². The van der Waals surface area contributed by atoms with Crippen molar-refractivity contribution in [1.29, 1.82) is 0 Å². The maximum atomic E-state index is 6.06. The van der Waals surface area contributed by atoms with E-state index in [-0.39, 0.29) is 0 Å². The molecule has 0 saturated carbocycles. The third-order valence-electron chi connectivity index (χ3n) is 5.01. The van der Waals surface area contributed by atoms with E-state index in [1.807, 2.05) is 13.8 Å². The monoisotopic (exact) mass is 405 g/mol. The molecule has 0 amide bonds. The molecule has 0 radical (unpaired) electrons. The summed E-state index contributed by atoms with van der Waals surface area (Å²) in [4.78, 5) is 2.33. The predicted molar refractivity (Wildman–Crippen MR) is 125 cm³/mol. The highest BCUT2D eigenvalue weighted by Crippen LogP contribution is 2.37. The summed E-state index contributed by atoms with van der Waals surface area (Å²) >= 11 is 0. The van der Waals surface area contributed by atoms with Gasteiger partial charge in [-0.3, -0.25) is 0 Å². The Morgan fingerprint density at radius 3 is 1.69 bits per heavy atom. The fourth-order valence-electron chi connectivity index (χ4n) is 3.68. The summed E-state index contributed by atoms with van der Waals surface area (Å²) in [5, 5.41) is 0. The van der Waals surface area contributed by atoms with Crippen molar-refractivity contribution in [2.24, 2.45) is 0 Å². The number of nitrogens with zero attached hydrogens (tertiary/aromatic N) is 1. The molecule has 152 valence electrons. The Kier molecular flexibility index (Phi) is 7.64. The van der Waals surface area contributed by atoms with Crippen molar-refractivity contribution in [3.63, 3.8) is 0 Å². The van der Waals surface area contributed by atoms with Gasteiger partial charge in [-0.25, -0.2) is 0 Å². The topological polar surface area (TPSA) is 21.7 Å². The average Bonchev–Trinajstić information content (AvgIpc) is 2.75. The SMILES string of the molecule is CCO[Si](C)(CCc1ccccc1N(c1ccccc1)c1ccccc1)OCC. The third kappa shape index (κ3) is 5.57. The molecular formula is C25H31NO2Si. The maximum Gasteiger partial charge on any atom is 0.335 e. The van der Waals surface area contributed by atoms with E-state index in [1.165, 1.54) is 11.3 Å². The molecule has 0 atom stereocenters. The van der Waals surface area contributed by atoms with Gasteiger partial charge in [-0.2, -0.15) is 0 Å². The third-order valence-corrected chi connectivity index (χ3v) is 7.97. The van der Waals surface area contributed by atoms with Crippen molar-refractivity contribution in [3.05, 3.63) is 90.5 Å². The van der Waals surface area contributed by atoms with Crippen molar-refractivity contribution < 1.29 is 8.85 Å². The molecule has 0 bridgehead atoms. The van der Waals surface area contributed by atoms with Crippen molar-refractivity contribution in [3.8, 4) is 0 Å². The van der Waals surface area contributed by atoms with Crippen LogP contribution in [0.1, 0.15) is 19.4 Å². The van der Waals surface area contributed by atoms with Crippen molar-refractivity contribution in [1.82, 2.24) is 0 Å². The van der Waals surface area contributed by atoms with Crippen LogP contribution in [0.3, 0.4) is 0 Å². The van der Waals surface area contributed by atoms with Gasteiger partial charge in [-0.05, 0) is 68.8 Å². The Hall–Kier alpha value is -2.40. The Bertz CT molecular complexity index is 825. The molecule has 0 aromatic heterocycles. The highest BCUT2D eigenvalue weighted by molar-refractivity contribution is 6.66. The van der Waals surface area contributed by atoms with Crippen LogP contribution in [0.4, 0.5) is 17.1 Å². The van der Waals surface area contributed by atoms with Crippen LogP contribution >= 0.6 is 0 Å². The minimum Gasteiger partial charge on any atom is -0.395 e. The van der Waals surface area contributed by atoms with E-state index in [9.17, 15) is 0 Å². The predicted octanol–water partition coefficient (Wildman–Crippen LogP) is 6.84. The molecule has 0 saturated heterocycles. The van der Waals surface area contributed by atoms with Crippen LogP contribution in [0.25, 0.3) is 0 Å². The second-order valence-corrected chi connectivity index (χ2v) is 10.5. The Morgan fingerprint density at radius 1 is 0.690 bits per heavy atom. The maximum absolute atomic E-state index is 6.06. The van der Waals surface area contributed by atoms with E-state index < -0.39 is 8.56 Å². The Morgan fingerprint density at radius 2 is 1.17 bits per heavy atom. The fourth-order valence-corrected chi connectivity index (χ4v) is 6.00. The molecule has 3 aromatic rings. The number of hydrogen-bond acceptors (Lipinski definition) is 3. The largest absolute Gasteiger partial charge is 0.395 e. The zero-order valence-corrected chi connectivity index (χ0v) is 18.7. The van der Waals surface area contributed by atoms with Gasteiger partial charge in [0.2, 0.25) is 0 Å². The molecule has 0 fully saturated rings. The van der Waals surface area contributed by atoms with Gasteiger partial charge in [-0.1, -0.05) is 54.6 Å². The van der Waals surface area contributed by atoms with E-state index in [0.717, 1.165) is 23.8 Å². The molecular weight excluding hydrogens is 374 g/mol. The second kappa shape index (κ2) is 10.4. The van der Waals surface area contributed by atoms with Gasteiger partial charge in [0.25, 0.3) is 0 Å². The number of para-hydroxylation sites is 3. The minimum absolute atomic E-state index is 0.699. The summed E-state index contributed by atoms with van der Waals surface area (Å²) < 4.78 is 12.1. The first-order valence-corrected chi connectivity index (χ1v) is 13.0. The summed E-state index contributed by atoms with van der Waals surface area (Å²) in [6.07, 6.45) is 0.926. The molecule has 0 heterocycles. The first-order chi connectivity index (χ1) is 14.2. The molecule has 0 aliphatic rings. The van der Waals surface area contributed by atoms with Crippen LogP contribution in [-0.4, -0.2) is 21.8 Å². The summed E-state index contributed by atoms with van der Waals surface area (Å²) in [6, 6.07) is 30.7. The fraction of sp³-hybridized carbons (Fsp3) is 0.280. The van der Waals surface area contributed by atoms with Gasteiger partial charge in [0.1, 0.15) is 0 Å².